The fraction of sp³-hybridized carbons (Fsp3) is 0.438. The van der Waals surface area contributed by atoms with Crippen LogP contribution in [0.5, 0.6) is 0 Å². The molecule has 0 unspecified atom stereocenters. The number of ether oxygens (including phenoxy) is 1. The Morgan fingerprint density at radius 1 is 1.22 bits per heavy atom. The largest absolute Gasteiger partial charge is 0.455 e. The highest BCUT2D eigenvalue weighted by Crippen LogP contribution is 2.20. The first-order valence-corrected chi connectivity index (χ1v) is 9.99. The number of amides is 3. The van der Waals surface area contributed by atoms with E-state index in [1.807, 2.05) is 5.32 Å². The van der Waals surface area contributed by atoms with Gasteiger partial charge in [-0.05, 0) is 25.0 Å². The van der Waals surface area contributed by atoms with Crippen LogP contribution in [0.15, 0.2) is 24.3 Å². The summed E-state index contributed by atoms with van der Waals surface area (Å²) in [6.45, 7) is -0.262. The van der Waals surface area contributed by atoms with Crippen molar-refractivity contribution in [2.75, 3.05) is 31.3 Å². The molecule has 0 saturated carbocycles. The summed E-state index contributed by atoms with van der Waals surface area (Å²) in [5.74, 6) is -2.67. The van der Waals surface area contributed by atoms with Gasteiger partial charge in [-0.2, -0.15) is 0 Å². The smallest absolute Gasteiger partial charge is 0.326 e. The first-order chi connectivity index (χ1) is 12.7. The molecule has 1 aliphatic rings. The molecule has 1 heterocycles. The Morgan fingerprint density at radius 3 is 2.44 bits per heavy atom. The topological polar surface area (TPSA) is 122 Å². The number of rotatable bonds is 5. The lowest BCUT2D eigenvalue weighted by atomic mass is 9.98. The first kappa shape index (κ1) is 20.8. The number of sulfonamides is 1. The van der Waals surface area contributed by atoms with Gasteiger partial charge in [-0.3, -0.25) is 14.9 Å². The maximum absolute atomic E-state index is 13.4. The molecule has 1 aromatic carbocycles. The number of nitrogens with one attached hydrogen (secondary N) is 2. The Labute approximate surface area is 155 Å². The van der Waals surface area contributed by atoms with Crippen molar-refractivity contribution in [3.63, 3.8) is 0 Å². The van der Waals surface area contributed by atoms with Crippen LogP contribution in [0.1, 0.15) is 12.8 Å². The molecule has 0 radical (unpaired) electrons. The average Bonchev–Trinajstić information content (AvgIpc) is 2.61. The Bertz CT molecular complexity index is 821. The summed E-state index contributed by atoms with van der Waals surface area (Å²) in [7, 11) is -3.30. The summed E-state index contributed by atoms with van der Waals surface area (Å²) in [6, 6.07) is 4.47. The molecule has 1 aliphatic heterocycles. The fourth-order valence-electron chi connectivity index (χ4n) is 2.56. The van der Waals surface area contributed by atoms with Crippen LogP contribution in [-0.2, 0) is 24.3 Å². The number of urea groups is 1. The van der Waals surface area contributed by atoms with Gasteiger partial charge in [-0.25, -0.2) is 21.9 Å². The Balaban J connectivity index is 1.73. The quantitative estimate of drug-likeness (QED) is 0.700. The zero-order valence-electron chi connectivity index (χ0n) is 14.6. The molecular weight excluding hydrogens is 381 g/mol. The molecule has 2 N–H and O–H groups in total. The molecule has 0 aliphatic carbocycles. The van der Waals surface area contributed by atoms with Gasteiger partial charge < -0.3 is 10.1 Å². The molecular formula is C16H20FN3O6S. The third-order valence-electron chi connectivity index (χ3n) is 3.98. The number of nitrogens with zero attached hydrogens (tertiary/aromatic N) is 1. The molecule has 0 bridgehead atoms. The number of imide groups is 1. The average molecular weight is 401 g/mol. The van der Waals surface area contributed by atoms with Crippen LogP contribution in [0, 0.1) is 11.7 Å². The molecule has 0 aromatic heterocycles. The number of piperidine rings is 1. The molecule has 0 atom stereocenters. The number of hydrogen-bond donors (Lipinski definition) is 2. The predicted octanol–water partition coefficient (Wildman–Crippen LogP) is 0.689. The maximum atomic E-state index is 13.4. The predicted molar refractivity (Wildman–Crippen MR) is 93.7 cm³/mol. The number of para-hydroxylation sites is 1. The van der Waals surface area contributed by atoms with Gasteiger partial charge in [0.25, 0.3) is 5.91 Å². The van der Waals surface area contributed by atoms with Crippen molar-refractivity contribution in [1.82, 2.24) is 9.62 Å². The second-order valence-corrected chi connectivity index (χ2v) is 8.01. The van der Waals surface area contributed by atoms with Crippen LogP contribution in [0.2, 0.25) is 0 Å². The molecule has 2 rings (SSSR count). The van der Waals surface area contributed by atoms with Gasteiger partial charge in [0.15, 0.2) is 6.61 Å². The first-order valence-electron chi connectivity index (χ1n) is 8.14. The van der Waals surface area contributed by atoms with Gasteiger partial charge in [0, 0.05) is 13.1 Å². The number of esters is 1. The minimum absolute atomic E-state index is 0.0996. The molecule has 3 amide bonds. The molecule has 1 fully saturated rings. The van der Waals surface area contributed by atoms with Crippen molar-refractivity contribution < 1.29 is 31.9 Å². The second-order valence-electron chi connectivity index (χ2n) is 6.03. The highest BCUT2D eigenvalue weighted by atomic mass is 32.2. The van der Waals surface area contributed by atoms with Crippen LogP contribution in [0.4, 0.5) is 14.9 Å². The number of benzene rings is 1. The van der Waals surface area contributed by atoms with Crippen LogP contribution in [0.25, 0.3) is 0 Å². The summed E-state index contributed by atoms with van der Waals surface area (Å²) in [5.41, 5.74) is -0.0996. The molecule has 11 heteroatoms. The van der Waals surface area contributed by atoms with Crippen LogP contribution < -0.4 is 10.6 Å². The van der Waals surface area contributed by atoms with E-state index in [-0.39, 0.29) is 18.8 Å². The zero-order chi connectivity index (χ0) is 20.0. The van der Waals surface area contributed by atoms with E-state index in [1.54, 1.807) is 0 Å². The summed E-state index contributed by atoms with van der Waals surface area (Å²) in [5, 5.41) is 4.08. The highest BCUT2D eigenvalue weighted by molar-refractivity contribution is 7.88. The summed E-state index contributed by atoms with van der Waals surface area (Å²) in [6.07, 6.45) is 1.69. The number of carbonyl (C=O) groups excluding carboxylic acids is 3. The second kappa shape index (κ2) is 8.91. The van der Waals surface area contributed by atoms with E-state index >= 15 is 0 Å². The number of carbonyl (C=O) groups is 3. The van der Waals surface area contributed by atoms with E-state index < -0.39 is 46.3 Å². The van der Waals surface area contributed by atoms with Crippen molar-refractivity contribution in [3.8, 4) is 0 Å². The monoisotopic (exact) mass is 401 g/mol. The molecule has 1 saturated heterocycles. The normalized spacial score (nSPS) is 15.8. The van der Waals surface area contributed by atoms with E-state index in [4.69, 9.17) is 4.74 Å². The van der Waals surface area contributed by atoms with Gasteiger partial charge in [0.1, 0.15) is 5.82 Å². The number of hydrogen-bond acceptors (Lipinski definition) is 6. The van der Waals surface area contributed by atoms with E-state index in [1.165, 1.54) is 22.5 Å². The lowest BCUT2D eigenvalue weighted by Gasteiger charge is -2.28. The number of anilines is 1. The van der Waals surface area contributed by atoms with Gasteiger partial charge in [-0.15, -0.1) is 0 Å². The highest BCUT2D eigenvalue weighted by Gasteiger charge is 2.30. The van der Waals surface area contributed by atoms with Crippen molar-refractivity contribution >= 4 is 33.6 Å². The fourth-order valence-corrected chi connectivity index (χ4v) is 3.43. The molecule has 148 valence electrons. The van der Waals surface area contributed by atoms with Crippen LogP contribution >= 0.6 is 0 Å². The van der Waals surface area contributed by atoms with Crippen LogP contribution in [-0.4, -0.2) is 56.6 Å². The van der Waals surface area contributed by atoms with Gasteiger partial charge >= 0.3 is 12.0 Å². The number of halogens is 1. The van der Waals surface area contributed by atoms with E-state index in [0.717, 1.165) is 12.3 Å². The van der Waals surface area contributed by atoms with E-state index in [2.05, 4.69) is 5.32 Å². The maximum Gasteiger partial charge on any atom is 0.326 e. The Kier molecular flexibility index (Phi) is 6.86. The van der Waals surface area contributed by atoms with Gasteiger partial charge in [0.2, 0.25) is 10.0 Å². The summed E-state index contributed by atoms with van der Waals surface area (Å²) < 4.78 is 42.4. The van der Waals surface area contributed by atoms with Crippen LogP contribution in [0.3, 0.4) is 0 Å². The molecule has 27 heavy (non-hydrogen) atoms. The molecule has 9 nitrogen and oxygen atoms in total. The van der Waals surface area contributed by atoms with E-state index in [9.17, 15) is 27.2 Å². The molecule has 1 aromatic rings. The minimum Gasteiger partial charge on any atom is -0.455 e. The van der Waals surface area contributed by atoms with Crippen molar-refractivity contribution in [3.05, 3.63) is 30.1 Å². The lowest BCUT2D eigenvalue weighted by Crippen LogP contribution is -2.41. The minimum atomic E-state index is -3.30. The summed E-state index contributed by atoms with van der Waals surface area (Å²) >= 11 is 0. The Morgan fingerprint density at radius 2 is 1.85 bits per heavy atom. The van der Waals surface area contributed by atoms with Gasteiger partial charge in [-0.1, -0.05) is 12.1 Å². The van der Waals surface area contributed by atoms with Crippen molar-refractivity contribution in [2.24, 2.45) is 5.92 Å². The lowest BCUT2D eigenvalue weighted by molar-refractivity contribution is -0.153. The third kappa shape index (κ3) is 6.29. The van der Waals surface area contributed by atoms with Gasteiger partial charge in [0.05, 0.1) is 17.9 Å². The Hall–Kier alpha value is -2.53. The van der Waals surface area contributed by atoms with Crippen molar-refractivity contribution in [2.45, 2.75) is 12.8 Å². The summed E-state index contributed by atoms with van der Waals surface area (Å²) in [4.78, 5) is 35.3. The zero-order valence-corrected chi connectivity index (χ0v) is 15.4. The van der Waals surface area contributed by atoms with Crippen molar-refractivity contribution in [1.29, 1.82) is 0 Å². The third-order valence-corrected chi connectivity index (χ3v) is 5.28. The molecule has 0 spiro atoms. The van der Waals surface area contributed by atoms with E-state index in [0.29, 0.717) is 12.8 Å². The standard InChI is InChI=1S/C16H20FN3O6S/c1-27(24,25)20-8-6-11(7-9-20)15(22)26-10-14(21)19-16(23)18-13-5-3-2-4-12(13)17/h2-5,11H,6-10H2,1H3,(H2,18,19,21,23). The SMILES string of the molecule is CS(=O)(=O)N1CCC(C(=O)OCC(=O)NC(=O)Nc2ccccc2F)CC1.